The highest BCUT2D eigenvalue weighted by Crippen LogP contribution is 2.49. The van der Waals surface area contributed by atoms with E-state index < -0.39 is 0 Å². The van der Waals surface area contributed by atoms with Crippen LogP contribution in [0.5, 0.6) is 0 Å². The van der Waals surface area contributed by atoms with Gasteiger partial charge in [0.1, 0.15) is 0 Å². The molecule has 1 aliphatic heterocycles. The first-order chi connectivity index (χ1) is 9.72. The second-order valence-corrected chi connectivity index (χ2v) is 6.22. The number of nitrogens with two attached hydrogens (primary N) is 1. The Morgan fingerprint density at radius 1 is 1.35 bits per heavy atom. The third kappa shape index (κ3) is 2.47. The van der Waals surface area contributed by atoms with Crippen LogP contribution in [-0.4, -0.2) is 29.9 Å². The van der Waals surface area contributed by atoms with E-state index in [1.807, 2.05) is 0 Å². The lowest BCUT2D eigenvalue weighted by Gasteiger charge is -2.35. The fourth-order valence-corrected chi connectivity index (χ4v) is 3.56. The maximum Gasteiger partial charge on any atom is 0.226 e. The predicted octanol–water partition coefficient (Wildman–Crippen LogP) is 2.44. The number of nitrogens with zero attached hydrogens (tertiary/aromatic N) is 1. The Balaban J connectivity index is 1.69. The third-order valence-corrected chi connectivity index (χ3v) is 4.88. The monoisotopic (exact) mass is 272 g/mol. The van der Waals surface area contributed by atoms with Gasteiger partial charge in [0, 0.05) is 25.0 Å². The summed E-state index contributed by atoms with van der Waals surface area (Å²) in [6, 6.07) is 8.72. The lowest BCUT2D eigenvalue weighted by atomic mass is 10.00. The van der Waals surface area contributed by atoms with Crippen molar-refractivity contribution in [3.8, 4) is 0 Å². The van der Waals surface area contributed by atoms with E-state index in [1.54, 1.807) is 0 Å². The molecule has 0 unspecified atom stereocenters. The number of piperidine rings is 1. The van der Waals surface area contributed by atoms with Crippen LogP contribution in [0.25, 0.3) is 0 Å². The molecule has 1 heterocycles. The van der Waals surface area contributed by atoms with Gasteiger partial charge >= 0.3 is 0 Å². The fraction of sp³-hybridized carbons (Fsp3) is 0.588. The second-order valence-electron chi connectivity index (χ2n) is 6.22. The zero-order chi connectivity index (χ0) is 14.1. The molecule has 2 fully saturated rings. The quantitative estimate of drug-likeness (QED) is 0.918. The van der Waals surface area contributed by atoms with Crippen molar-refractivity contribution in [3.05, 3.63) is 35.4 Å². The first-order valence-corrected chi connectivity index (χ1v) is 7.78. The minimum Gasteiger partial charge on any atom is -0.338 e. The average Bonchev–Trinajstić information content (AvgIpc) is 3.27. The summed E-state index contributed by atoms with van der Waals surface area (Å²) in [6.07, 6.45) is 4.42. The van der Waals surface area contributed by atoms with Crippen LogP contribution < -0.4 is 5.73 Å². The van der Waals surface area contributed by atoms with Gasteiger partial charge in [-0.1, -0.05) is 24.3 Å². The van der Waals surface area contributed by atoms with Crippen molar-refractivity contribution in [2.45, 2.75) is 44.6 Å². The molecule has 1 aliphatic carbocycles. The van der Waals surface area contributed by atoms with Crippen LogP contribution >= 0.6 is 0 Å². The Morgan fingerprint density at radius 2 is 2.15 bits per heavy atom. The summed E-state index contributed by atoms with van der Waals surface area (Å²) >= 11 is 0. The van der Waals surface area contributed by atoms with Crippen LogP contribution in [0.2, 0.25) is 0 Å². The molecular weight excluding hydrogens is 248 g/mol. The van der Waals surface area contributed by atoms with Crippen molar-refractivity contribution in [3.63, 3.8) is 0 Å². The van der Waals surface area contributed by atoms with Gasteiger partial charge in [-0.3, -0.25) is 4.79 Å². The number of rotatable bonds is 3. The summed E-state index contributed by atoms with van der Waals surface area (Å²) in [5, 5.41) is 0. The number of amides is 1. The molecule has 3 nitrogen and oxygen atoms in total. The maximum atomic E-state index is 12.7. The molecular formula is C17H24N2O. The highest BCUT2D eigenvalue weighted by atomic mass is 16.2. The number of aryl methyl sites for hydroxylation is 1. The molecule has 20 heavy (non-hydrogen) atoms. The van der Waals surface area contributed by atoms with E-state index in [-0.39, 0.29) is 12.0 Å². The maximum absolute atomic E-state index is 12.7. The van der Waals surface area contributed by atoms with E-state index in [1.165, 1.54) is 17.5 Å². The topological polar surface area (TPSA) is 46.3 Å². The number of carbonyl (C=O) groups excluding carboxylic acids is 1. The van der Waals surface area contributed by atoms with E-state index in [9.17, 15) is 4.79 Å². The third-order valence-electron chi connectivity index (χ3n) is 4.88. The zero-order valence-corrected chi connectivity index (χ0v) is 12.2. The van der Waals surface area contributed by atoms with Crippen molar-refractivity contribution < 1.29 is 4.79 Å². The van der Waals surface area contributed by atoms with E-state index in [4.69, 9.17) is 5.73 Å². The van der Waals surface area contributed by atoms with E-state index in [2.05, 4.69) is 36.1 Å². The largest absolute Gasteiger partial charge is 0.338 e. The smallest absolute Gasteiger partial charge is 0.226 e. The standard InChI is InChI=1S/C17H24N2O/c1-12-6-2-3-8-14(12)15-10-16(15)17(20)19-9-5-4-7-13(19)11-18/h2-3,6,8,13,15-16H,4-5,7,9-11,18H2,1H3/t13-,15-,16-/m0/s1. The van der Waals surface area contributed by atoms with E-state index >= 15 is 0 Å². The van der Waals surface area contributed by atoms with Crippen LogP contribution in [0, 0.1) is 12.8 Å². The molecule has 3 heteroatoms. The van der Waals surface area contributed by atoms with Gasteiger partial charge in [-0.05, 0) is 49.7 Å². The molecule has 2 N–H and O–H groups in total. The molecule has 3 atom stereocenters. The van der Waals surface area contributed by atoms with E-state index in [0.717, 1.165) is 25.8 Å². The number of benzene rings is 1. The Hall–Kier alpha value is -1.35. The summed E-state index contributed by atoms with van der Waals surface area (Å²) in [4.78, 5) is 14.8. The van der Waals surface area contributed by atoms with Gasteiger partial charge in [-0.25, -0.2) is 0 Å². The van der Waals surface area contributed by atoms with Crippen molar-refractivity contribution in [1.82, 2.24) is 4.90 Å². The van der Waals surface area contributed by atoms with Gasteiger partial charge in [-0.15, -0.1) is 0 Å². The molecule has 3 rings (SSSR count). The minimum atomic E-state index is 0.197. The normalized spacial score (nSPS) is 29.3. The Kier molecular flexibility index (Phi) is 3.79. The first-order valence-electron chi connectivity index (χ1n) is 7.78. The van der Waals surface area contributed by atoms with Crippen LogP contribution in [0.15, 0.2) is 24.3 Å². The number of carbonyl (C=O) groups is 1. The van der Waals surface area contributed by atoms with Crippen molar-refractivity contribution >= 4 is 5.91 Å². The summed E-state index contributed by atoms with van der Waals surface area (Å²) in [6.45, 7) is 3.64. The SMILES string of the molecule is Cc1ccccc1[C@@H]1C[C@@H]1C(=O)N1CCCC[C@H]1CN. The molecule has 1 saturated heterocycles. The fourth-order valence-electron chi connectivity index (χ4n) is 3.56. The molecule has 1 aromatic carbocycles. The van der Waals surface area contributed by atoms with Crippen LogP contribution in [-0.2, 0) is 4.79 Å². The number of hydrogen-bond acceptors (Lipinski definition) is 2. The summed E-state index contributed by atoms with van der Waals surface area (Å²) < 4.78 is 0. The van der Waals surface area contributed by atoms with Crippen LogP contribution in [0.1, 0.15) is 42.7 Å². The van der Waals surface area contributed by atoms with Gasteiger partial charge < -0.3 is 10.6 Å². The molecule has 2 aliphatic rings. The van der Waals surface area contributed by atoms with Crippen LogP contribution in [0.4, 0.5) is 0 Å². The molecule has 1 amide bonds. The average molecular weight is 272 g/mol. The predicted molar refractivity (Wildman–Crippen MR) is 80.4 cm³/mol. The molecule has 108 valence electrons. The Bertz CT molecular complexity index is 500. The summed E-state index contributed by atoms with van der Waals surface area (Å²) in [5.41, 5.74) is 8.49. The second kappa shape index (κ2) is 5.57. The first kappa shape index (κ1) is 13.6. The van der Waals surface area contributed by atoms with E-state index in [0.29, 0.717) is 18.4 Å². The Labute approximate surface area is 121 Å². The van der Waals surface area contributed by atoms with Gasteiger partial charge in [0.2, 0.25) is 5.91 Å². The Morgan fingerprint density at radius 3 is 2.90 bits per heavy atom. The summed E-state index contributed by atoms with van der Waals surface area (Å²) in [5.74, 6) is 0.973. The number of hydrogen-bond donors (Lipinski definition) is 1. The lowest BCUT2D eigenvalue weighted by molar-refractivity contribution is -0.136. The number of likely N-dealkylation sites (tertiary alicyclic amines) is 1. The highest BCUT2D eigenvalue weighted by molar-refractivity contribution is 5.83. The zero-order valence-electron chi connectivity index (χ0n) is 12.2. The van der Waals surface area contributed by atoms with Crippen molar-refractivity contribution in [1.29, 1.82) is 0 Å². The van der Waals surface area contributed by atoms with Crippen LogP contribution in [0.3, 0.4) is 0 Å². The lowest BCUT2D eigenvalue weighted by Crippen LogP contribution is -2.48. The molecule has 0 radical (unpaired) electrons. The molecule has 1 aromatic rings. The molecule has 0 aromatic heterocycles. The molecule has 0 bridgehead atoms. The molecule has 1 saturated carbocycles. The van der Waals surface area contributed by atoms with Gasteiger partial charge in [-0.2, -0.15) is 0 Å². The van der Waals surface area contributed by atoms with Crippen molar-refractivity contribution in [2.24, 2.45) is 11.7 Å². The van der Waals surface area contributed by atoms with Gasteiger partial charge in [0.25, 0.3) is 0 Å². The summed E-state index contributed by atoms with van der Waals surface area (Å²) in [7, 11) is 0. The van der Waals surface area contributed by atoms with Gasteiger partial charge in [0.05, 0.1) is 0 Å². The molecule has 0 spiro atoms. The minimum absolute atomic E-state index is 0.197. The van der Waals surface area contributed by atoms with Gasteiger partial charge in [0.15, 0.2) is 0 Å². The highest BCUT2D eigenvalue weighted by Gasteiger charge is 2.47. The van der Waals surface area contributed by atoms with Crippen molar-refractivity contribution in [2.75, 3.05) is 13.1 Å².